The SMILES string of the molecule is Cc1nn(C)c(C)c1/C=C\C(=O)OCC(=O)N1CCCCCC1. The Hall–Kier alpha value is -2.11. The lowest BCUT2D eigenvalue weighted by molar-refractivity contribution is -0.148. The second kappa shape index (κ2) is 7.94. The van der Waals surface area contributed by atoms with E-state index >= 15 is 0 Å². The van der Waals surface area contributed by atoms with Crippen LogP contribution >= 0.6 is 0 Å². The van der Waals surface area contributed by atoms with E-state index in [-0.39, 0.29) is 12.5 Å². The first kappa shape index (κ1) is 17.2. The number of amides is 1. The number of rotatable bonds is 4. The molecule has 0 radical (unpaired) electrons. The summed E-state index contributed by atoms with van der Waals surface area (Å²) in [6.07, 6.45) is 7.42. The van der Waals surface area contributed by atoms with Crippen molar-refractivity contribution < 1.29 is 14.3 Å². The van der Waals surface area contributed by atoms with E-state index in [4.69, 9.17) is 4.74 Å². The van der Waals surface area contributed by atoms with Crippen molar-refractivity contribution in [2.24, 2.45) is 7.05 Å². The Kier molecular flexibility index (Phi) is 5.96. The van der Waals surface area contributed by atoms with Crippen LogP contribution in [0.3, 0.4) is 0 Å². The zero-order chi connectivity index (χ0) is 16.8. The maximum atomic E-state index is 12.1. The molecule has 6 heteroatoms. The zero-order valence-electron chi connectivity index (χ0n) is 14.2. The first-order chi connectivity index (χ1) is 11.0. The van der Waals surface area contributed by atoms with E-state index in [0.29, 0.717) is 0 Å². The van der Waals surface area contributed by atoms with Crippen molar-refractivity contribution in [3.8, 4) is 0 Å². The van der Waals surface area contributed by atoms with Gasteiger partial charge in [-0.15, -0.1) is 0 Å². The zero-order valence-corrected chi connectivity index (χ0v) is 14.2. The highest BCUT2D eigenvalue weighted by molar-refractivity contribution is 5.89. The van der Waals surface area contributed by atoms with Gasteiger partial charge in [-0.2, -0.15) is 5.10 Å². The first-order valence-electron chi connectivity index (χ1n) is 8.12. The van der Waals surface area contributed by atoms with Gasteiger partial charge in [0.1, 0.15) is 0 Å². The van der Waals surface area contributed by atoms with Gasteiger partial charge in [0, 0.05) is 37.5 Å². The number of likely N-dealkylation sites (tertiary alicyclic amines) is 1. The number of carbonyl (C=O) groups excluding carboxylic acids is 2. The van der Waals surface area contributed by atoms with E-state index in [0.717, 1.165) is 55.7 Å². The van der Waals surface area contributed by atoms with E-state index in [2.05, 4.69) is 5.10 Å². The molecular formula is C17H25N3O3. The number of nitrogens with zero attached hydrogens (tertiary/aromatic N) is 3. The van der Waals surface area contributed by atoms with E-state index in [1.807, 2.05) is 20.9 Å². The fourth-order valence-electron chi connectivity index (χ4n) is 2.77. The molecule has 6 nitrogen and oxygen atoms in total. The molecule has 0 bridgehead atoms. The molecule has 0 aromatic carbocycles. The van der Waals surface area contributed by atoms with Crippen molar-refractivity contribution in [3.05, 3.63) is 23.0 Å². The Morgan fingerprint density at radius 1 is 1.17 bits per heavy atom. The summed E-state index contributed by atoms with van der Waals surface area (Å²) in [5.41, 5.74) is 2.74. The summed E-state index contributed by atoms with van der Waals surface area (Å²) in [5.74, 6) is -0.613. The van der Waals surface area contributed by atoms with Crippen molar-refractivity contribution in [1.82, 2.24) is 14.7 Å². The van der Waals surface area contributed by atoms with E-state index < -0.39 is 5.97 Å². The maximum absolute atomic E-state index is 12.1. The van der Waals surface area contributed by atoms with Gasteiger partial charge in [0.25, 0.3) is 5.91 Å². The molecule has 0 aliphatic carbocycles. The normalized spacial score (nSPS) is 15.7. The molecule has 1 aromatic heterocycles. The van der Waals surface area contributed by atoms with Crippen LogP contribution in [0.15, 0.2) is 6.08 Å². The molecule has 0 atom stereocenters. The van der Waals surface area contributed by atoms with Crippen molar-refractivity contribution in [2.75, 3.05) is 19.7 Å². The highest BCUT2D eigenvalue weighted by Crippen LogP contribution is 2.14. The van der Waals surface area contributed by atoms with Crippen LogP contribution in [0, 0.1) is 13.8 Å². The lowest BCUT2D eigenvalue weighted by Gasteiger charge is -2.19. The topological polar surface area (TPSA) is 64.4 Å². The molecule has 1 aromatic rings. The molecular weight excluding hydrogens is 294 g/mol. The fourth-order valence-corrected chi connectivity index (χ4v) is 2.77. The number of ether oxygens (including phenoxy) is 1. The Morgan fingerprint density at radius 3 is 2.39 bits per heavy atom. The average Bonchev–Trinajstić information content (AvgIpc) is 2.74. The number of aromatic nitrogens is 2. The monoisotopic (exact) mass is 319 g/mol. The van der Waals surface area contributed by atoms with Crippen LogP contribution in [0.2, 0.25) is 0 Å². The van der Waals surface area contributed by atoms with Gasteiger partial charge in [0.2, 0.25) is 0 Å². The van der Waals surface area contributed by atoms with Crippen LogP contribution in [0.5, 0.6) is 0 Å². The van der Waals surface area contributed by atoms with Crippen LogP contribution in [0.4, 0.5) is 0 Å². The van der Waals surface area contributed by atoms with Gasteiger partial charge in [-0.05, 0) is 32.8 Å². The van der Waals surface area contributed by atoms with Gasteiger partial charge >= 0.3 is 5.97 Å². The molecule has 2 rings (SSSR count). The highest BCUT2D eigenvalue weighted by atomic mass is 16.5. The van der Waals surface area contributed by atoms with E-state index in [1.54, 1.807) is 15.7 Å². The van der Waals surface area contributed by atoms with Gasteiger partial charge in [-0.1, -0.05) is 12.8 Å². The Bertz CT molecular complexity index is 596. The first-order valence-corrected chi connectivity index (χ1v) is 8.12. The van der Waals surface area contributed by atoms with Gasteiger partial charge in [0.15, 0.2) is 6.61 Å². The molecule has 126 valence electrons. The number of aryl methyl sites for hydroxylation is 2. The molecule has 0 spiro atoms. The number of esters is 1. The number of hydrogen-bond donors (Lipinski definition) is 0. The molecule has 1 amide bonds. The van der Waals surface area contributed by atoms with Crippen molar-refractivity contribution in [1.29, 1.82) is 0 Å². The van der Waals surface area contributed by atoms with Gasteiger partial charge < -0.3 is 9.64 Å². The summed E-state index contributed by atoms with van der Waals surface area (Å²) in [5, 5.41) is 4.29. The van der Waals surface area contributed by atoms with Crippen LogP contribution in [-0.4, -0.2) is 46.3 Å². The molecule has 1 saturated heterocycles. The summed E-state index contributed by atoms with van der Waals surface area (Å²) in [7, 11) is 1.86. The molecule has 0 saturated carbocycles. The standard InChI is InChI=1S/C17H25N3O3/c1-13-15(14(2)19(3)18-13)8-9-17(22)23-12-16(21)20-10-6-4-5-7-11-20/h8-9H,4-7,10-12H2,1-3H3/b9-8-. The van der Waals surface area contributed by atoms with Crippen LogP contribution in [-0.2, 0) is 21.4 Å². The second-order valence-electron chi connectivity index (χ2n) is 5.94. The van der Waals surface area contributed by atoms with Gasteiger partial charge in [-0.25, -0.2) is 4.79 Å². The molecule has 23 heavy (non-hydrogen) atoms. The predicted molar refractivity (Wildman–Crippen MR) is 87.7 cm³/mol. The third-order valence-corrected chi connectivity index (χ3v) is 4.25. The number of carbonyl (C=O) groups is 2. The van der Waals surface area contributed by atoms with Crippen molar-refractivity contribution >= 4 is 18.0 Å². The Morgan fingerprint density at radius 2 is 1.83 bits per heavy atom. The molecule has 2 heterocycles. The average molecular weight is 319 g/mol. The maximum Gasteiger partial charge on any atom is 0.331 e. The second-order valence-corrected chi connectivity index (χ2v) is 5.94. The van der Waals surface area contributed by atoms with E-state index in [9.17, 15) is 9.59 Å². The minimum atomic E-state index is -0.504. The lowest BCUT2D eigenvalue weighted by atomic mass is 10.2. The van der Waals surface area contributed by atoms with E-state index in [1.165, 1.54) is 6.08 Å². The largest absolute Gasteiger partial charge is 0.452 e. The van der Waals surface area contributed by atoms with Gasteiger partial charge in [-0.3, -0.25) is 9.48 Å². The van der Waals surface area contributed by atoms with Crippen molar-refractivity contribution in [3.63, 3.8) is 0 Å². The molecule has 0 unspecified atom stereocenters. The highest BCUT2D eigenvalue weighted by Gasteiger charge is 2.16. The Balaban J connectivity index is 1.84. The summed E-state index contributed by atoms with van der Waals surface area (Å²) >= 11 is 0. The third kappa shape index (κ3) is 4.68. The summed E-state index contributed by atoms with van der Waals surface area (Å²) in [6.45, 7) is 5.17. The summed E-state index contributed by atoms with van der Waals surface area (Å²) < 4.78 is 6.83. The smallest absolute Gasteiger partial charge is 0.331 e. The third-order valence-electron chi connectivity index (χ3n) is 4.25. The summed E-state index contributed by atoms with van der Waals surface area (Å²) in [4.78, 5) is 25.6. The fraction of sp³-hybridized carbons (Fsp3) is 0.588. The molecule has 1 aliphatic rings. The van der Waals surface area contributed by atoms with Crippen molar-refractivity contribution in [2.45, 2.75) is 39.5 Å². The predicted octanol–water partition coefficient (Wildman–Crippen LogP) is 2.00. The quantitative estimate of drug-likeness (QED) is 0.629. The molecule has 1 fully saturated rings. The van der Waals surface area contributed by atoms with Crippen LogP contribution in [0.25, 0.3) is 6.08 Å². The molecule has 1 aliphatic heterocycles. The number of hydrogen-bond acceptors (Lipinski definition) is 4. The minimum absolute atomic E-state index is 0.109. The van der Waals surface area contributed by atoms with Gasteiger partial charge in [0.05, 0.1) is 5.69 Å². The van der Waals surface area contributed by atoms with Crippen LogP contribution in [0.1, 0.15) is 42.6 Å². The Labute approximate surface area is 137 Å². The molecule has 0 N–H and O–H groups in total. The minimum Gasteiger partial charge on any atom is -0.452 e. The van der Waals surface area contributed by atoms with Crippen LogP contribution < -0.4 is 0 Å². The summed E-state index contributed by atoms with van der Waals surface area (Å²) in [6, 6.07) is 0. The lowest BCUT2D eigenvalue weighted by Crippen LogP contribution is -2.35.